The Bertz CT molecular complexity index is 2940. The molecule has 4 bridgehead atoms. The van der Waals surface area contributed by atoms with Crippen molar-refractivity contribution in [3.63, 3.8) is 0 Å². The van der Waals surface area contributed by atoms with Gasteiger partial charge in [-0.3, -0.25) is 9.59 Å². The highest BCUT2D eigenvalue weighted by molar-refractivity contribution is 6.26. The molecule has 8 aromatic rings. The van der Waals surface area contributed by atoms with E-state index in [-0.39, 0.29) is 33.5 Å². The summed E-state index contributed by atoms with van der Waals surface area (Å²) in [7, 11) is 0. The Hall–Kier alpha value is -5.54. The van der Waals surface area contributed by atoms with Gasteiger partial charge in [-0.15, -0.1) is 0 Å². The maximum atomic E-state index is 15.1. The van der Waals surface area contributed by atoms with E-state index >= 15 is 9.59 Å². The average Bonchev–Trinajstić information content (AvgIpc) is 3.67. The van der Waals surface area contributed by atoms with Crippen LogP contribution in [0.2, 0.25) is 0 Å². The minimum Gasteiger partial charge on any atom is -0.308 e. The smallest absolute Gasteiger partial charge is 0.169 e. The molecule has 14 rings (SSSR count). The Kier molecular flexibility index (Phi) is 7.65. The maximum absolute atomic E-state index is 15.1. The Morgan fingerprint density at radius 2 is 0.787 bits per heavy atom. The topological polar surface area (TPSA) is 38.5 Å². The van der Waals surface area contributed by atoms with E-state index in [1.54, 1.807) is 0 Å². The van der Waals surface area contributed by atoms with Gasteiger partial charge >= 0.3 is 0 Å². The second kappa shape index (κ2) is 12.5. The van der Waals surface area contributed by atoms with Gasteiger partial charge in [0, 0.05) is 43.5 Å². The Morgan fingerprint density at radius 1 is 0.426 bits per heavy atom. The van der Waals surface area contributed by atoms with E-state index in [0.29, 0.717) is 11.6 Å². The van der Waals surface area contributed by atoms with Crippen molar-refractivity contribution >= 4 is 49.7 Å². The van der Waals surface area contributed by atoms with Crippen LogP contribution in [0.3, 0.4) is 0 Å². The van der Waals surface area contributed by atoms with Crippen molar-refractivity contribution in [3.8, 4) is 33.4 Å². The number of carbonyl (C=O) groups is 2. The molecule has 0 spiro atoms. The molecule has 2 heterocycles. The van der Waals surface area contributed by atoms with Crippen LogP contribution in [0.4, 0.5) is 0 Å². The van der Waals surface area contributed by atoms with Gasteiger partial charge in [0.1, 0.15) is 0 Å². The van der Waals surface area contributed by atoms with E-state index in [9.17, 15) is 0 Å². The number of Topliss-reactive ketones (excluding diaryl/α,β-unsaturated/α-hetero) is 2. The molecule has 0 unspecified atom stereocenters. The number of hydrogen-bond donors (Lipinski definition) is 0. The second-order valence-corrected chi connectivity index (χ2v) is 21.0. The third-order valence-corrected chi connectivity index (χ3v) is 17.5. The van der Waals surface area contributed by atoms with Crippen molar-refractivity contribution in [2.75, 3.05) is 0 Å². The zero-order valence-corrected chi connectivity index (χ0v) is 36.5. The first kappa shape index (κ1) is 37.2. The van der Waals surface area contributed by atoms with Crippen LogP contribution in [0, 0.1) is 22.7 Å². The number of fused-ring (bicyclic) bond motifs is 10. The standard InChI is InChI=1S/C58H55NO2/c1-34(2)57-21-17-55(5,18-22-57)48-30-42-44-28-41(40-26-38(36-13-9-7-10-14-36)25-39(27-40)37-15-11-8-12-16-37)29-45-43-31-49-47(54(61)58(35(3)4)23-19-56(49,6)20-24-58)33-51(43)59(52(44)45)50(42)32-46(48)53(57)60/h7-16,25-35H,17-24H2,1-6H3. The normalized spacial score (nSPS) is 26.0. The van der Waals surface area contributed by atoms with Gasteiger partial charge < -0.3 is 4.40 Å². The zero-order chi connectivity index (χ0) is 41.8. The summed E-state index contributed by atoms with van der Waals surface area (Å²) in [5.74, 6) is 1.23. The SMILES string of the molecule is CC(C)C12CCC(C)(CC1)c1cc3c4cc(-c5cc(-c6ccccc6)cc(-c6ccccc6)c5)cc5c6cc7c(cc6n(c3cc1C2=O)c45)C(=O)C1(C(C)C)CCC7(C)CC1. The molecule has 6 aliphatic rings. The molecule has 0 N–H and O–H groups in total. The van der Waals surface area contributed by atoms with E-state index in [2.05, 4.69) is 161 Å². The van der Waals surface area contributed by atoms with Gasteiger partial charge in [0.15, 0.2) is 11.6 Å². The van der Waals surface area contributed by atoms with Gasteiger partial charge in [0.25, 0.3) is 0 Å². The minimum absolute atomic E-state index is 0.0524. The lowest BCUT2D eigenvalue weighted by molar-refractivity contribution is 0.0537. The number of carbonyl (C=O) groups excluding carboxylic acids is 2. The predicted molar refractivity (Wildman–Crippen MR) is 252 cm³/mol. The van der Waals surface area contributed by atoms with E-state index in [0.717, 1.165) is 73.5 Å². The molecular weight excluding hydrogens is 743 g/mol. The summed E-state index contributed by atoms with van der Waals surface area (Å²) in [6.45, 7) is 13.9. The molecule has 0 aliphatic heterocycles. The summed E-state index contributed by atoms with van der Waals surface area (Å²) in [6, 6.07) is 42.8. The molecule has 2 saturated carbocycles. The molecule has 61 heavy (non-hydrogen) atoms. The van der Waals surface area contributed by atoms with Crippen LogP contribution in [0.15, 0.2) is 115 Å². The molecule has 2 fully saturated rings. The first-order valence-corrected chi connectivity index (χ1v) is 23.1. The highest BCUT2D eigenvalue weighted by Crippen LogP contribution is 2.59. The number of hydrogen-bond acceptors (Lipinski definition) is 2. The molecule has 0 atom stereocenters. The third-order valence-electron chi connectivity index (χ3n) is 17.5. The molecule has 3 nitrogen and oxygen atoms in total. The van der Waals surface area contributed by atoms with E-state index in [4.69, 9.17) is 0 Å². The van der Waals surface area contributed by atoms with Crippen molar-refractivity contribution in [1.29, 1.82) is 0 Å². The molecule has 0 amide bonds. The average molecular weight is 798 g/mol. The lowest BCUT2D eigenvalue weighted by Crippen LogP contribution is -2.39. The maximum Gasteiger partial charge on any atom is 0.169 e. The second-order valence-electron chi connectivity index (χ2n) is 21.0. The minimum atomic E-state index is -0.324. The van der Waals surface area contributed by atoms with Gasteiger partial charge in [-0.05, 0) is 173 Å². The van der Waals surface area contributed by atoms with Crippen LogP contribution >= 0.6 is 0 Å². The fourth-order valence-corrected chi connectivity index (χ4v) is 13.3. The highest BCUT2D eigenvalue weighted by atomic mass is 16.1. The number of aromatic nitrogens is 1. The van der Waals surface area contributed by atoms with Crippen LogP contribution < -0.4 is 0 Å². The highest BCUT2D eigenvalue weighted by Gasteiger charge is 2.54. The fraction of sp³-hybridized carbons (Fsp3) is 0.345. The largest absolute Gasteiger partial charge is 0.308 e. The van der Waals surface area contributed by atoms with Crippen LogP contribution in [0.5, 0.6) is 0 Å². The van der Waals surface area contributed by atoms with Gasteiger partial charge in [-0.2, -0.15) is 0 Å². The Labute approximate surface area is 359 Å². The number of nitrogens with zero attached hydrogens (tertiary/aromatic N) is 1. The zero-order valence-electron chi connectivity index (χ0n) is 36.5. The monoisotopic (exact) mass is 797 g/mol. The Balaban J connectivity index is 1.20. The number of rotatable bonds is 5. The quantitative estimate of drug-likeness (QED) is 0.174. The van der Waals surface area contributed by atoms with E-state index in [1.807, 2.05) is 0 Å². The van der Waals surface area contributed by atoms with Crippen LogP contribution in [-0.4, -0.2) is 16.0 Å². The summed E-state index contributed by atoms with van der Waals surface area (Å²) in [5.41, 5.74) is 14.0. The van der Waals surface area contributed by atoms with Crippen molar-refractivity contribution in [1.82, 2.24) is 4.40 Å². The van der Waals surface area contributed by atoms with Gasteiger partial charge in [-0.25, -0.2) is 0 Å². The molecule has 6 aliphatic carbocycles. The van der Waals surface area contributed by atoms with Crippen molar-refractivity contribution < 1.29 is 9.59 Å². The van der Waals surface area contributed by atoms with Crippen molar-refractivity contribution in [3.05, 3.63) is 138 Å². The molecule has 6 aromatic carbocycles. The first-order chi connectivity index (χ1) is 29.3. The molecule has 3 heteroatoms. The van der Waals surface area contributed by atoms with E-state index in [1.165, 1.54) is 71.6 Å². The summed E-state index contributed by atoms with van der Waals surface area (Å²) in [5, 5.41) is 4.84. The van der Waals surface area contributed by atoms with Crippen LogP contribution in [0.25, 0.3) is 71.5 Å². The summed E-state index contributed by atoms with van der Waals surface area (Å²) >= 11 is 0. The van der Waals surface area contributed by atoms with E-state index < -0.39 is 0 Å². The summed E-state index contributed by atoms with van der Waals surface area (Å²) in [4.78, 5) is 30.2. The van der Waals surface area contributed by atoms with Crippen molar-refractivity contribution in [2.24, 2.45) is 22.7 Å². The van der Waals surface area contributed by atoms with Crippen molar-refractivity contribution in [2.45, 2.75) is 104 Å². The van der Waals surface area contributed by atoms with Crippen LogP contribution in [-0.2, 0) is 10.8 Å². The number of ketones is 2. The Morgan fingerprint density at radius 3 is 1.16 bits per heavy atom. The fourth-order valence-electron chi connectivity index (χ4n) is 13.3. The van der Waals surface area contributed by atoms with Gasteiger partial charge in [-0.1, -0.05) is 102 Å². The molecule has 0 saturated heterocycles. The molecular formula is C58H55NO2. The molecule has 2 aromatic heterocycles. The third kappa shape index (κ3) is 4.92. The lowest BCUT2D eigenvalue weighted by atomic mass is 9.60. The predicted octanol–water partition coefficient (Wildman–Crippen LogP) is 15.2. The molecule has 0 radical (unpaired) electrons. The molecule has 304 valence electrons. The van der Waals surface area contributed by atoms with Crippen LogP contribution in [0.1, 0.15) is 125 Å². The van der Waals surface area contributed by atoms with Gasteiger partial charge in [0.2, 0.25) is 0 Å². The number of benzene rings is 6. The first-order valence-electron chi connectivity index (χ1n) is 23.1. The summed E-state index contributed by atoms with van der Waals surface area (Å²) < 4.78 is 2.45. The van der Waals surface area contributed by atoms with Gasteiger partial charge in [0.05, 0.1) is 16.6 Å². The lowest BCUT2D eigenvalue weighted by Gasteiger charge is -2.42. The summed E-state index contributed by atoms with van der Waals surface area (Å²) in [6.07, 6.45) is 7.93.